The summed E-state index contributed by atoms with van der Waals surface area (Å²) >= 11 is 5.75. The van der Waals surface area contributed by atoms with Crippen LogP contribution in [0.4, 0.5) is 15.9 Å². The topological polar surface area (TPSA) is 54.0 Å². The van der Waals surface area contributed by atoms with Crippen molar-refractivity contribution in [1.82, 2.24) is 4.98 Å². The molecule has 2 rings (SSSR count). The first-order valence-electron chi connectivity index (χ1n) is 5.51. The number of hydrogen-bond donors (Lipinski definition) is 2. The van der Waals surface area contributed by atoms with Gasteiger partial charge in [-0.25, -0.2) is 9.37 Å². The number of carbonyl (C=O) groups excluding carboxylic acids is 1. The van der Waals surface area contributed by atoms with E-state index in [0.29, 0.717) is 10.8 Å². The fraction of sp³-hybridized carbons (Fsp3) is 0.0769. The molecule has 0 aliphatic heterocycles. The van der Waals surface area contributed by atoms with Crippen LogP contribution < -0.4 is 10.6 Å². The van der Waals surface area contributed by atoms with Gasteiger partial charge in [-0.2, -0.15) is 0 Å². The van der Waals surface area contributed by atoms with E-state index in [2.05, 4.69) is 15.6 Å². The molecule has 4 nitrogen and oxygen atoms in total. The van der Waals surface area contributed by atoms with Gasteiger partial charge < -0.3 is 10.6 Å². The van der Waals surface area contributed by atoms with Crippen LogP contribution in [0.25, 0.3) is 0 Å². The Morgan fingerprint density at radius 2 is 2.11 bits per heavy atom. The predicted molar refractivity (Wildman–Crippen MR) is 73.1 cm³/mol. The van der Waals surface area contributed by atoms with E-state index in [-0.39, 0.29) is 11.4 Å². The number of hydrogen-bond acceptors (Lipinski definition) is 3. The van der Waals surface area contributed by atoms with Crippen LogP contribution in [0.3, 0.4) is 0 Å². The van der Waals surface area contributed by atoms with Gasteiger partial charge in [0.2, 0.25) is 0 Å². The molecule has 0 saturated heterocycles. The van der Waals surface area contributed by atoms with E-state index in [4.69, 9.17) is 11.6 Å². The van der Waals surface area contributed by atoms with Gasteiger partial charge in [-0.1, -0.05) is 17.7 Å². The maximum absolute atomic E-state index is 13.5. The van der Waals surface area contributed by atoms with Crippen LogP contribution in [-0.4, -0.2) is 17.9 Å². The average molecular weight is 280 g/mol. The Bertz CT molecular complexity index is 619. The second-order valence-electron chi connectivity index (χ2n) is 3.74. The molecule has 0 aliphatic carbocycles. The molecule has 1 amide bonds. The van der Waals surface area contributed by atoms with Crippen molar-refractivity contribution in [1.29, 1.82) is 0 Å². The SMILES string of the molecule is CNc1cccc(C(=O)Nc2cc(Cl)ccc2F)n1. The summed E-state index contributed by atoms with van der Waals surface area (Å²) in [5, 5.41) is 5.59. The molecule has 98 valence electrons. The fourth-order valence-corrected chi connectivity index (χ4v) is 1.65. The molecule has 6 heteroatoms. The summed E-state index contributed by atoms with van der Waals surface area (Å²) in [5.74, 6) is -0.500. The minimum Gasteiger partial charge on any atom is -0.373 e. The van der Waals surface area contributed by atoms with Crippen molar-refractivity contribution in [2.24, 2.45) is 0 Å². The molecule has 0 aliphatic rings. The van der Waals surface area contributed by atoms with Gasteiger partial charge in [-0.15, -0.1) is 0 Å². The number of nitrogens with zero attached hydrogens (tertiary/aromatic N) is 1. The van der Waals surface area contributed by atoms with Crippen LogP contribution in [0.5, 0.6) is 0 Å². The van der Waals surface area contributed by atoms with Gasteiger partial charge >= 0.3 is 0 Å². The zero-order valence-corrected chi connectivity index (χ0v) is 10.8. The molecule has 0 spiro atoms. The number of amides is 1. The van der Waals surface area contributed by atoms with Crippen LogP contribution in [-0.2, 0) is 0 Å². The first-order chi connectivity index (χ1) is 9.10. The molecule has 1 aromatic heterocycles. The zero-order chi connectivity index (χ0) is 13.8. The van der Waals surface area contributed by atoms with Crippen molar-refractivity contribution >= 4 is 29.0 Å². The highest BCUT2D eigenvalue weighted by Crippen LogP contribution is 2.20. The second kappa shape index (κ2) is 5.67. The molecule has 19 heavy (non-hydrogen) atoms. The van der Waals surface area contributed by atoms with Crippen LogP contribution in [0.15, 0.2) is 36.4 Å². The van der Waals surface area contributed by atoms with E-state index in [1.165, 1.54) is 18.2 Å². The third-order valence-corrected chi connectivity index (χ3v) is 2.65. The quantitative estimate of drug-likeness (QED) is 0.907. The molecular formula is C13H11ClFN3O. The lowest BCUT2D eigenvalue weighted by molar-refractivity contribution is 0.102. The molecule has 0 bridgehead atoms. The summed E-state index contributed by atoms with van der Waals surface area (Å²) in [5.41, 5.74) is 0.209. The minimum atomic E-state index is -0.553. The molecule has 0 saturated carbocycles. The van der Waals surface area contributed by atoms with Crippen molar-refractivity contribution < 1.29 is 9.18 Å². The Morgan fingerprint density at radius 1 is 1.32 bits per heavy atom. The van der Waals surface area contributed by atoms with Gasteiger partial charge in [0, 0.05) is 12.1 Å². The molecule has 0 radical (unpaired) electrons. The summed E-state index contributed by atoms with van der Waals surface area (Å²) in [7, 11) is 1.70. The van der Waals surface area contributed by atoms with E-state index >= 15 is 0 Å². The van der Waals surface area contributed by atoms with E-state index in [9.17, 15) is 9.18 Å². The summed E-state index contributed by atoms with van der Waals surface area (Å²) in [6.45, 7) is 0. The second-order valence-corrected chi connectivity index (χ2v) is 4.17. The average Bonchev–Trinajstić information content (AvgIpc) is 2.43. The molecule has 1 aromatic carbocycles. The molecule has 0 fully saturated rings. The van der Waals surface area contributed by atoms with Crippen LogP contribution in [0, 0.1) is 5.82 Å². The summed E-state index contributed by atoms with van der Waals surface area (Å²) in [6, 6.07) is 8.88. The molecule has 2 aromatic rings. The minimum absolute atomic E-state index is 0.0224. The maximum Gasteiger partial charge on any atom is 0.274 e. The summed E-state index contributed by atoms with van der Waals surface area (Å²) in [6.07, 6.45) is 0. The number of carbonyl (C=O) groups is 1. The Balaban J connectivity index is 2.22. The standard InChI is InChI=1S/C13H11ClFN3O/c1-16-12-4-2-3-10(17-12)13(19)18-11-7-8(14)5-6-9(11)15/h2-7H,1H3,(H,16,17)(H,18,19). The molecule has 1 heterocycles. The van der Waals surface area contributed by atoms with Crippen molar-refractivity contribution in [3.63, 3.8) is 0 Å². The van der Waals surface area contributed by atoms with E-state index < -0.39 is 11.7 Å². The Kier molecular flexibility index (Phi) is 3.97. The van der Waals surface area contributed by atoms with Gasteiger partial charge in [0.15, 0.2) is 0 Å². The third-order valence-electron chi connectivity index (χ3n) is 2.41. The highest BCUT2D eigenvalue weighted by Gasteiger charge is 2.11. The normalized spacial score (nSPS) is 10.1. The first kappa shape index (κ1) is 13.3. The fourth-order valence-electron chi connectivity index (χ4n) is 1.48. The molecule has 0 atom stereocenters. The monoisotopic (exact) mass is 279 g/mol. The highest BCUT2D eigenvalue weighted by molar-refractivity contribution is 6.31. The lowest BCUT2D eigenvalue weighted by atomic mass is 10.2. The van der Waals surface area contributed by atoms with Crippen LogP contribution in [0.2, 0.25) is 5.02 Å². The van der Waals surface area contributed by atoms with Crippen molar-refractivity contribution in [2.75, 3.05) is 17.7 Å². The van der Waals surface area contributed by atoms with Gasteiger partial charge in [0.05, 0.1) is 5.69 Å². The third kappa shape index (κ3) is 3.20. The highest BCUT2D eigenvalue weighted by atomic mass is 35.5. The maximum atomic E-state index is 13.5. The zero-order valence-electron chi connectivity index (χ0n) is 10.1. The lowest BCUT2D eigenvalue weighted by Gasteiger charge is -2.07. The van der Waals surface area contributed by atoms with Crippen LogP contribution in [0.1, 0.15) is 10.5 Å². The molecular weight excluding hydrogens is 269 g/mol. The number of nitrogens with one attached hydrogen (secondary N) is 2. The number of rotatable bonds is 3. The van der Waals surface area contributed by atoms with Crippen LogP contribution >= 0.6 is 11.6 Å². The lowest BCUT2D eigenvalue weighted by Crippen LogP contribution is -2.15. The summed E-state index contributed by atoms with van der Waals surface area (Å²) < 4.78 is 13.5. The van der Waals surface area contributed by atoms with Crippen molar-refractivity contribution in [3.05, 3.63) is 52.9 Å². The largest absolute Gasteiger partial charge is 0.373 e. The number of anilines is 2. The van der Waals surface area contributed by atoms with Gasteiger partial charge in [0.1, 0.15) is 17.3 Å². The Hall–Kier alpha value is -2.14. The van der Waals surface area contributed by atoms with Gasteiger partial charge in [-0.05, 0) is 30.3 Å². The van der Waals surface area contributed by atoms with E-state index in [1.54, 1.807) is 25.2 Å². The summed E-state index contributed by atoms with van der Waals surface area (Å²) in [4.78, 5) is 16.0. The first-order valence-corrected chi connectivity index (χ1v) is 5.89. The molecule has 0 unspecified atom stereocenters. The van der Waals surface area contributed by atoms with Gasteiger partial charge in [-0.3, -0.25) is 4.79 Å². The van der Waals surface area contributed by atoms with Crippen molar-refractivity contribution in [3.8, 4) is 0 Å². The van der Waals surface area contributed by atoms with E-state index in [0.717, 1.165) is 0 Å². The number of aromatic nitrogens is 1. The van der Waals surface area contributed by atoms with Gasteiger partial charge in [0.25, 0.3) is 5.91 Å². The molecule has 2 N–H and O–H groups in total. The number of pyridine rings is 1. The smallest absolute Gasteiger partial charge is 0.274 e. The number of halogens is 2. The Morgan fingerprint density at radius 3 is 2.84 bits per heavy atom. The van der Waals surface area contributed by atoms with E-state index in [1.807, 2.05) is 0 Å². The van der Waals surface area contributed by atoms with Crippen molar-refractivity contribution in [2.45, 2.75) is 0 Å². The number of benzene rings is 1. The Labute approximate surface area is 114 Å². The predicted octanol–water partition coefficient (Wildman–Crippen LogP) is 3.17.